The molecule has 0 radical (unpaired) electrons. The smallest absolute Gasteiger partial charge is 0.355 e. The Morgan fingerprint density at radius 1 is 1.42 bits per heavy atom. The Hall–Kier alpha value is -2.12. The molecule has 0 aliphatic heterocycles. The number of aromatic nitrogens is 1. The molecule has 0 aliphatic carbocycles. The SMILES string of the molecule is CC(C)C(Oc1cccc(Cl)c1)C(=O)NCc1nc(C(=O)O)cs1. The third kappa shape index (κ3) is 4.94. The fourth-order valence-electron chi connectivity index (χ4n) is 1.93. The number of ether oxygens (including phenoxy) is 1. The van der Waals surface area contributed by atoms with Crippen LogP contribution in [0.4, 0.5) is 0 Å². The van der Waals surface area contributed by atoms with Crippen LogP contribution in [0.15, 0.2) is 29.6 Å². The summed E-state index contributed by atoms with van der Waals surface area (Å²) in [5.74, 6) is -0.932. The topological polar surface area (TPSA) is 88.5 Å². The van der Waals surface area contributed by atoms with Crippen molar-refractivity contribution >= 4 is 34.8 Å². The maximum absolute atomic E-state index is 12.4. The molecule has 24 heavy (non-hydrogen) atoms. The lowest BCUT2D eigenvalue weighted by Gasteiger charge is -2.21. The van der Waals surface area contributed by atoms with Crippen LogP contribution in [0.2, 0.25) is 5.02 Å². The van der Waals surface area contributed by atoms with Gasteiger partial charge < -0.3 is 15.2 Å². The highest BCUT2D eigenvalue weighted by atomic mass is 35.5. The van der Waals surface area contributed by atoms with Crippen LogP contribution in [0.5, 0.6) is 5.75 Å². The molecule has 0 saturated carbocycles. The van der Waals surface area contributed by atoms with Crippen molar-refractivity contribution in [1.29, 1.82) is 0 Å². The molecule has 1 unspecified atom stereocenters. The second-order valence-electron chi connectivity index (χ2n) is 5.39. The summed E-state index contributed by atoms with van der Waals surface area (Å²) in [4.78, 5) is 27.1. The standard InChI is InChI=1S/C16H17ClN2O4S/c1-9(2)14(23-11-5-3-4-10(17)6-11)15(20)18-7-13-19-12(8-24-13)16(21)22/h3-6,8-9,14H,7H2,1-2H3,(H,18,20)(H,21,22). The molecule has 128 valence electrons. The highest BCUT2D eigenvalue weighted by Gasteiger charge is 2.24. The molecule has 6 nitrogen and oxygen atoms in total. The zero-order valence-corrected chi connectivity index (χ0v) is 14.7. The summed E-state index contributed by atoms with van der Waals surface area (Å²) >= 11 is 7.10. The Morgan fingerprint density at radius 3 is 2.75 bits per heavy atom. The van der Waals surface area contributed by atoms with Gasteiger partial charge in [-0.1, -0.05) is 31.5 Å². The zero-order valence-electron chi connectivity index (χ0n) is 13.2. The molecule has 1 aromatic heterocycles. The molecule has 1 amide bonds. The highest BCUT2D eigenvalue weighted by Crippen LogP contribution is 2.20. The molecular weight excluding hydrogens is 352 g/mol. The maximum Gasteiger partial charge on any atom is 0.355 e. The molecule has 8 heteroatoms. The molecule has 1 atom stereocenters. The summed E-state index contributed by atoms with van der Waals surface area (Å²) < 4.78 is 5.74. The first-order valence-corrected chi connectivity index (χ1v) is 8.50. The van der Waals surface area contributed by atoms with E-state index in [0.717, 1.165) is 0 Å². The van der Waals surface area contributed by atoms with E-state index in [1.165, 1.54) is 16.7 Å². The number of carboxylic acids is 1. The first kappa shape index (κ1) is 18.2. The lowest BCUT2D eigenvalue weighted by molar-refractivity contribution is -0.130. The molecule has 2 aromatic rings. The third-order valence-corrected chi connectivity index (χ3v) is 4.19. The first-order chi connectivity index (χ1) is 11.4. The van der Waals surface area contributed by atoms with Gasteiger partial charge in [-0.15, -0.1) is 11.3 Å². The molecular formula is C16H17ClN2O4S. The van der Waals surface area contributed by atoms with E-state index in [1.54, 1.807) is 24.3 Å². The van der Waals surface area contributed by atoms with Crippen LogP contribution in [-0.4, -0.2) is 28.1 Å². The van der Waals surface area contributed by atoms with Crippen LogP contribution in [0, 0.1) is 5.92 Å². The van der Waals surface area contributed by atoms with Crippen molar-refractivity contribution in [2.24, 2.45) is 5.92 Å². The molecule has 1 heterocycles. The number of nitrogens with one attached hydrogen (secondary N) is 1. The van der Waals surface area contributed by atoms with Crippen molar-refractivity contribution in [3.05, 3.63) is 45.4 Å². The fraction of sp³-hybridized carbons (Fsp3) is 0.312. The molecule has 0 bridgehead atoms. The number of carbonyl (C=O) groups excluding carboxylic acids is 1. The van der Waals surface area contributed by atoms with Gasteiger partial charge in [0.05, 0.1) is 6.54 Å². The van der Waals surface area contributed by atoms with E-state index in [9.17, 15) is 9.59 Å². The van der Waals surface area contributed by atoms with Crippen LogP contribution in [-0.2, 0) is 11.3 Å². The van der Waals surface area contributed by atoms with E-state index < -0.39 is 12.1 Å². The van der Waals surface area contributed by atoms with Crippen molar-refractivity contribution < 1.29 is 19.4 Å². The largest absolute Gasteiger partial charge is 0.480 e. The number of hydrogen-bond donors (Lipinski definition) is 2. The first-order valence-electron chi connectivity index (χ1n) is 7.24. The Bertz CT molecular complexity index is 732. The van der Waals surface area contributed by atoms with E-state index in [1.807, 2.05) is 13.8 Å². The Kier molecular flexibility index (Phi) is 6.16. The lowest BCUT2D eigenvalue weighted by atomic mass is 10.1. The molecule has 0 saturated heterocycles. The predicted molar refractivity (Wildman–Crippen MR) is 91.6 cm³/mol. The van der Waals surface area contributed by atoms with Crippen molar-refractivity contribution in [3.63, 3.8) is 0 Å². The maximum atomic E-state index is 12.4. The van der Waals surface area contributed by atoms with Crippen LogP contribution >= 0.6 is 22.9 Å². The zero-order chi connectivity index (χ0) is 17.7. The molecule has 0 fully saturated rings. The van der Waals surface area contributed by atoms with Gasteiger partial charge in [-0.3, -0.25) is 4.79 Å². The average molecular weight is 369 g/mol. The number of aromatic carboxylic acids is 1. The van der Waals surface area contributed by atoms with Gasteiger partial charge in [0.15, 0.2) is 11.8 Å². The Morgan fingerprint density at radius 2 is 2.17 bits per heavy atom. The van der Waals surface area contributed by atoms with E-state index >= 15 is 0 Å². The summed E-state index contributed by atoms with van der Waals surface area (Å²) in [5, 5.41) is 14.1. The van der Waals surface area contributed by atoms with Gasteiger partial charge in [-0.25, -0.2) is 9.78 Å². The van der Waals surface area contributed by atoms with Gasteiger partial charge in [0.1, 0.15) is 10.8 Å². The van der Waals surface area contributed by atoms with Crippen LogP contribution in [0.25, 0.3) is 0 Å². The lowest BCUT2D eigenvalue weighted by Crippen LogP contribution is -2.41. The quantitative estimate of drug-likeness (QED) is 0.783. The monoisotopic (exact) mass is 368 g/mol. The minimum atomic E-state index is -1.09. The second-order valence-corrected chi connectivity index (χ2v) is 6.77. The van der Waals surface area contributed by atoms with E-state index in [2.05, 4.69) is 10.3 Å². The number of amides is 1. The Balaban J connectivity index is 1.99. The number of thiazole rings is 1. The number of halogens is 1. The van der Waals surface area contributed by atoms with Crippen LogP contribution in [0.3, 0.4) is 0 Å². The molecule has 2 N–H and O–H groups in total. The van der Waals surface area contributed by atoms with Crippen LogP contribution < -0.4 is 10.1 Å². The van der Waals surface area contributed by atoms with E-state index in [-0.39, 0.29) is 24.1 Å². The number of carbonyl (C=O) groups is 2. The summed E-state index contributed by atoms with van der Waals surface area (Å²) in [6, 6.07) is 6.84. The minimum absolute atomic E-state index is 0.0279. The summed E-state index contributed by atoms with van der Waals surface area (Å²) in [7, 11) is 0. The van der Waals surface area contributed by atoms with Gasteiger partial charge in [-0.05, 0) is 24.1 Å². The van der Waals surface area contributed by atoms with Crippen molar-refractivity contribution in [2.75, 3.05) is 0 Å². The predicted octanol–water partition coefficient (Wildman–Crippen LogP) is 3.21. The van der Waals surface area contributed by atoms with Gasteiger partial charge in [0.25, 0.3) is 5.91 Å². The summed E-state index contributed by atoms with van der Waals surface area (Å²) in [5.41, 5.74) is -0.0279. The van der Waals surface area contributed by atoms with Crippen molar-refractivity contribution in [3.8, 4) is 5.75 Å². The average Bonchev–Trinajstić information content (AvgIpc) is 2.99. The molecule has 0 spiro atoms. The number of carboxylic acid groups (broad SMARTS) is 1. The number of benzene rings is 1. The number of hydrogen-bond acceptors (Lipinski definition) is 5. The molecule has 2 rings (SSSR count). The fourth-order valence-corrected chi connectivity index (χ4v) is 2.82. The second kappa shape index (κ2) is 8.12. The van der Waals surface area contributed by atoms with Crippen molar-refractivity contribution in [1.82, 2.24) is 10.3 Å². The highest BCUT2D eigenvalue weighted by molar-refractivity contribution is 7.09. The Labute approximate surface area is 148 Å². The molecule has 1 aromatic carbocycles. The van der Waals surface area contributed by atoms with Gasteiger partial charge in [-0.2, -0.15) is 0 Å². The van der Waals surface area contributed by atoms with Gasteiger partial charge in [0.2, 0.25) is 0 Å². The number of nitrogens with zero attached hydrogens (tertiary/aromatic N) is 1. The summed E-state index contributed by atoms with van der Waals surface area (Å²) in [6.45, 7) is 3.90. The normalized spacial score (nSPS) is 12.0. The van der Waals surface area contributed by atoms with Gasteiger partial charge in [0, 0.05) is 10.4 Å². The third-order valence-electron chi connectivity index (χ3n) is 3.11. The van der Waals surface area contributed by atoms with Gasteiger partial charge >= 0.3 is 5.97 Å². The van der Waals surface area contributed by atoms with Crippen LogP contribution in [0.1, 0.15) is 29.3 Å². The minimum Gasteiger partial charge on any atom is -0.480 e. The van der Waals surface area contributed by atoms with E-state index in [4.69, 9.17) is 21.4 Å². The van der Waals surface area contributed by atoms with Crippen molar-refractivity contribution in [2.45, 2.75) is 26.5 Å². The summed E-state index contributed by atoms with van der Waals surface area (Å²) in [6.07, 6.45) is -0.692. The van der Waals surface area contributed by atoms with E-state index in [0.29, 0.717) is 15.8 Å². The molecule has 0 aliphatic rings. The number of rotatable bonds is 7.